The third kappa shape index (κ3) is 2.78. The molecule has 1 aromatic heterocycles. The second kappa shape index (κ2) is 6.03. The van der Waals surface area contributed by atoms with Crippen molar-refractivity contribution in [2.45, 2.75) is 64.8 Å². The monoisotopic (exact) mass is 304 g/mol. The molecular formula is C17H28N4O. The maximum absolute atomic E-state index is 12.1. The van der Waals surface area contributed by atoms with Gasteiger partial charge in [-0.2, -0.15) is 5.10 Å². The minimum atomic E-state index is 0.116. The van der Waals surface area contributed by atoms with E-state index in [4.69, 9.17) is 0 Å². The number of hydrogen-bond donors (Lipinski definition) is 2. The van der Waals surface area contributed by atoms with Gasteiger partial charge in [0.05, 0.1) is 0 Å². The lowest BCUT2D eigenvalue weighted by Gasteiger charge is -2.39. The van der Waals surface area contributed by atoms with Gasteiger partial charge in [0.1, 0.15) is 0 Å². The second-order valence-corrected chi connectivity index (χ2v) is 7.38. The highest BCUT2D eigenvalue weighted by Crippen LogP contribution is 2.43. The van der Waals surface area contributed by atoms with E-state index in [1.165, 1.54) is 24.1 Å². The summed E-state index contributed by atoms with van der Waals surface area (Å²) < 4.78 is 0. The predicted molar refractivity (Wildman–Crippen MR) is 88.1 cm³/mol. The van der Waals surface area contributed by atoms with E-state index < -0.39 is 0 Å². The number of aromatic nitrogens is 2. The minimum Gasteiger partial charge on any atom is -0.309 e. The first-order chi connectivity index (χ1) is 10.5. The summed E-state index contributed by atoms with van der Waals surface area (Å²) in [5.41, 5.74) is 2.48. The summed E-state index contributed by atoms with van der Waals surface area (Å²) in [5, 5.41) is 10.4. The Morgan fingerprint density at radius 1 is 1.18 bits per heavy atom. The maximum Gasteiger partial charge on any atom is 0.226 e. The Hall–Kier alpha value is -1.36. The lowest BCUT2D eigenvalue weighted by Crippen LogP contribution is -2.41. The first-order valence-corrected chi connectivity index (χ1v) is 8.59. The molecule has 2 N–H and O–H groups in total. The summed E-state index contributed by atoms with van der Waals surface area (Å²) in [6.07, 6.45) is 2.97. The van der Waals surface area contributed by atoms with Gasteiger partial charge in [-0.15, -0.1) is 0 Å². The van der Waals surface area contributed by atoms with Gasteiger partial charge in [0, 0.05) is 29.6 Å². The summed E-state index contributed by atoms with van der Waals surface area (Å²) in [6.45, 7) is 11.2. The van der Waals surface area contributed by atoms with Crippen molar-refractivity contribution in [2.75, 3.05) is 18.4 Å². The smallest absolute Gasteiger partial charge is 0.226 e. The van der Waals surface area contributed by atoms with Crippen LogP contribution >= 0.6 is 0 Å². The van der Waals surface area contributed by atoms with Gasteiger partial charge >= 0.3 is 0 Å². The maximum atomic E-state index is 12.1. The van der Waals surface area contributed by atoms with Crippen LogP contribution < -0.4 is 5.32 Å². The van der Waals surface area contributed by atoms with Crippen molar-refractivity contribution >= 4 is 11.7 Å². The number of hydrogen-bond acceptors (Lipinski definition) is 3. The van der Waals surface area contributed by atoms with Crippen LogP contribution in [0.25, 0.3) is 0 Å². The van der Waals surface area contributed by atoms with E-state index >= 15 is 0 Å². The number of fused-ring (bicyclic) bond motifs is 1. The van der Waals surface area contributed by atoms with Gasteiger partial charge in [0.2, 0.25) is 5.91 Å². The highest BCUT2D eigenvalue weighted by Gasteiger charge is 2.37. The van der Waals surface area contributed by atoms with Crippen molar-refractivity contribution in [2.24, 2.45) is 5.92 Å². The molecule has 2 aliphatic rings. The molecule has 1 saturated heterocycles. The van der Waals surface area contributed by atoms with Crippen molar-refractivity contribution < 1.29 is 4.79 Å². The number of likely N-dealkylation sites (tertiary alicyclic amines) is 1. The van der Waals surface area contributed by atoms with Crippen molar-refractivity contribution in [3.63, 3.8) is 0 Å². The Bertz CT molecular complexity index is 541. The second-order valence-electron chi connectivity index (χ2n) is 7.38. The lowest BCUT2D eigenvalue weighted by molar-refractivity contribution is -0.117. The average molecular weight is 304 g/mol. The van der Waals surface area contributed by atoms with E-state index in [1.54, 1.807) is 0 Å². The van der Waals surface area contributed by atoms with Crippen molar-refractivity contribution in [3.8, 4) is 0 Å². The molecule has 122 valence electrons. The van der Waals surface area contributed by atoms with Crippen molar-refractivity contribution in [1.29, 1.82) is 0 Å². The zero-order valence-electron chi connectivity index (χ0n) is 14.1. The van der Waals surface area contributed by atoms with Gasteiger partial charge in [0.15, 0.2) is 5.82 Å². The summed E-state index contributed by atoms with van der Waals surface area (Å²) in [4.78, 5) is 14.6. The van der Waals surface area contributed by atoms with Gasteiger partial charge in [-0.25, -0.2) is 0 Å². The fraction of sp³-hybridized carbons (Fsp3) is 0.765. The van der Waals surface area contributed by atoms with Gasteiger partial charge in [0.25, 0.3) is 0 Å². The number of piperidine rings is 1. The van der Waals surface area contributed by atoms with Crippen LogP contribution in [0, 0.1) is 5.92 Å². The quantitative estimate of drug-likeness (QED) is 0.902. The molecule has 3 rings (SSSR count). The fourth-order valence-electron chi connectivity index (χ4n) is 4.00. The van der Waals surface area contributed by atoms with E-state index in [1.807, 2.05) is 0 Å². The molecule has 0 bridgehead atoms. The van der Waals surface area contributed by atoms with Gasteiger partial charge in [-0.3, -0.25) is 9.89 Å². The molecule has 0 radical (unpaired) electrons. The van der Waals surface area contributed by atoms with E-state index in [-0.39, 0.29) is 5.91 Å². The van der Waals surface area contributed by atoms with Gasteiger partial charge in [-0.05, 0) is 51.6 Å². The van der Waals surface area contributed by atoms with Crippen LogP contribution in [0.2, 0.25) is 0 Å². The summed E-state index contributed by atoms with van der Waals surface area (Å²) >= 11 is 0. The van der Waals surface area contributed by atoms with E-state index in [9.17, 15) is 4.79 Å². The highest BCUT2D eigenvalue weighted by atomic mass is 16.1. The number of anilines is 1. The molecule has 1 aromatic rings. The van der Waals surface area contributed by atoms with E-state index in [2.05, 4.69) is 48.1 Å². The topological polar surface area (TPSA) is 61.0 Å². The summed E-state index contributed by atoms with van der Waals surface area (Å²) in [6, 6.07) is 0.617. The van der Waals surface area contributed by atoms with Crippen molar-refractivity contribution in [3.05, 3.63) is 11.3 Å². The standard InChI is InChI=1S/C17H28N4O/c1-10(2)16-15-13(9-14(22)18-17(15)20-19-16)12-5-7-21(8-6-12)11(3)4/h10-13H,5-9H2,1-4H3,(H2,18,19,20,22)/t13-/m1/s1. The largest absolute Gasteiger partial charge is 0.309 e. The number of amides is 1. The number of rotatable bonds is 3. The predicted octanol–water partition coefficient (Wildman–Crippen LogP) is 3.08. The number of carbonyl (C=O) groups is 1. The van der Waals surface area contributed by atoms with E-state index in [0.717, 1.165) is 18.9 Å². The molecule has 1 atom stereocenters. The number of aromatic amines is 1. The number of nitrogens with zero attached hydrogens (tertiary/aromatic N) is 2. The third-order valence-corrected chi connectivity index (χ3v) is 5.32. The molecule has 3 heterocycles. The van der Waals surface area contributed by atoms with Crippen LogP contribution in [-0.2, 0) is 4.79 Å². The highest BCUT2D eigenvalue weighted by molar-refractivity contribution is 5.93. The summed E-state index contributed by atoms with van der Waals surface area (Å²) in [7, 11) is 0. The first-order valence-electron chi connectivity index (χ1n) is 8.59. The Morgan fingerprint density at radius 2 is 1.86 bits per heavy atom. The third-order valence-electron chi connectivity index (χ3n) is 5.32. The molecule has 5 heteroatoms. The Kier molecular flexibility index (Phi) is 4.26. The first kappa shape index (κ1) is 15.5. The molecule has 0 saturated carbocycles. The Balaban J connectivity index is 1.83. The minimum absolute atomic E-state index is 0.116. The SMILES string of the molecule is CC(C)c1[nH]nc2c1[C@@H](C1CCN(C(C)C)CC1)CC(=O)N2. The van der Waals surface area contributed by atoms with Gasteiger partial charge < -0.3 is 10.2 Å². The molecule has 1 amide bonds. The van der Waals surface area contributed by atoms with Crippen LogP contribution in [0.1, 0.15) is 70.1 Å². The van der Waals surface area contributed by atoms with Crippen LogP contribution in [-0.4, -0.2) is 40.1 Å². The molecule has 1 fully saturated rings. The van der Waals surface area contributed by atoms with Crippen LogP contribution in [0.3, 0.4) is 0 Å². The molecule has 0 spiro atoms. The number of nitrogens with one attached hydrogen (secondary N) is 2. The molecule has 0 unspecified atom stereocenters. The number of carbonyl (C=O) groups excluding carboxylic acids is 1. The number of H-pyrrole nitrogens is 1. The average Bonchev–Trinajstić information content (AvgIpc) is 2.90. The summed E-state index contributed by atoms with van der Waals surface area (Å²) in [5.74, 6) is 2.22. The van der Waals surface area contributed by atoms with Crippen LogP contribution in [0.5, 0.6) is 0 Å². The van der Waals surface area contributed by atoms with Gasteiger partial charge in [-0.1, -0.05) is 13.8 Å². The molecule has 22 heavy (non-hydrogen) atoms. The zero-order valence-corrected chi connectivity index (χ0v) is 14.1. The fourth-order valence-corrected chi connectivity index (χ4v) is 4.00. The normalized spacial score (nSPS) is 23.9. The van der Waals surface area contributed by atoms with Crippen molar-refractivity contribution in [1.82, 2.24) is 15.1 Å². The van der Waals surface area contributed by atoms with Crippen LogP contribution in [0.15, 0.2) is 0 Å². The zero-order chi connectivity index (χ0) is 15.9. The Morgan fingerprint density at radius 3 is 2.45 bits per heavy atom. The molecular weight excluding hydrogens is 276 g/mol. The molecule has 0 aliphatic carbocycles. The molecule has 2 aliphatic heterocycles. The van der Waals surface area contributed by atoms with Crippen LogP contribution in [0.4, 0.5) is 5.82 Å². The lowest BCUT2D eigenvalue weighted by atomic mass is 9.75. The van der Waals surface area contributed by atoms with E-state index in [0.29, 0.717) is 30.2 Å². The molecule has 5 nitrogen and oxygen atoms in total. The molecule has 0 aromatic carbocycles. The Labute approximate surface area is 132 Å².